The van der Waals surface area contributed by atoms with E-state index in [4.69, 9.17) is 4.98 Å². The van der Waals surface area contributed by atoms with Crippen LogP contribution in [0.1, 0.15) is 41.8 Å². The topological polar surface area (TPSA) is 76.3 Å². The van der Waals surface area contributed by atoms with E-state index < -0.39 is 0 Å². The summed E-state index contributed by atoms with van der Waals surface area (Å²) in [6, 6.07) is 15.0. The summed E-state index contributed by atoms with van der Waals surface area (Å²) in [4.78, 5) is 30.9. The van der Waals surface area contributed by atoms with Crippen LogP contribution in [0.3, 0.4) is 0 Å². The van der Waals surface area contributed by atoms with Crippen molar-refractivity contribution in [2.45, 2.75) is 32.1 Å². The normalized spacial score (nSPS) is 16.3. The lowest BCUT2D eigenvalue weighted by Crippen LogP contribution is -2.38. The number of nitrogens with zero attached hydrogens (tertiary/aromatic N) is 3. The maximum atomic E-state index is 13.2. The van der Waals surface area contributed by atoms with E-state index >= 15 is 0 Å². The number of carbonyl (C=O) groups is 1. The second-order valence-corrected chi connectivity index (χ2v) is 9.24. The van der Waals surface area contributed by atoms with Crippen molar-refractivity contribution in [2.75, 3.05) is 13.1 Å². The van der Waals surface area contributed by atoms with Crippen LogP contribution in [0, 0.1) is 10.1 Å². The minimum atomic E-state index is -0.365. The zero-order chi connectivity index (χ0) is 22.2. The molecule has 3 aromatic rings. The Hall–Kier alpha value is -3.32. The van der Waals surface area contributed by atoms with E-state index in [0.29, 0.717) is 30.8 Å². The predicted octanol–water partition coefficient (Wildman–Crippen LogP) is 5.45. The molecule has 0 atom stereocenters. The van der Waals surface area contributed by atoms with Crippen LogP contribution >= 0.6 is 11.3 Å². The van der Waals surface area contributed by atoms with Gasteiger partial charge in [-0.2, -0.15) is 0 Å². The lowest BCUT2D eigenvalue weighted by Gasteiger charge is -2.31. The van der Waals surface area contributed by atoms with Crippen molar-refractivity contribution in [3.8, 4) is 11.3 Å². The van der Waals surface area contributed by atoms with Crippen LogP contribution in [0.15, 0.2) is 59.5 Å². The molecular formula is C25H23N3O3S. The zero-order valence-corrected chi connectivity index (χ0v) is 18.6. The molecule has 0 spiro atoms. The van der Waals surface area contributed by atoms with Crippen LogP contribution in [-0.4, -0.2) is 33.8 Å². The number of hydrogen-bond donors (Lipinski definition) is 0. The average Bonchev–Trinajstić information content (AvgIpc) is 3.44. The number of aromatic nitrogens is 1. The molecule has 0 N–H and O–H groups in total. The maximum Gasteiger partial charge on any atom is 0.278 e. The number of para-hydroxylation sites is 1. The molecule has 2 heterocycles. The lowest BCUT2D eigenvalue weighted by atomic mass is 9.96. The van der Waals surface area contributed by atoms with E-state index in [1.165, 1.54) is 17.2 Å². The van der Waals surface area contributed by atoms with Gasteiger partial charge >= 0.3 is 0 Å². The van der Waals surface area contributed by atoms with E-state index in [1.54, 1.807) is 29.5 Å². The second kappa shape index (κ2) is 8.31. The van der Waals surface area contributed by atoms with Crippen molar-refractivity contribution >= 4 is 28.5 Å². The molecule has 2 aromatic carbocycles. The highest BCUT2D eigenvalue weighted by molar-refractivity contribution is 7.10. The monoisotopic (exact) mass is 445 g/mol. The molecule has 162 valence electrons. The Bertz CT molecular complexity index is 1240. The number of rotatable bonds is 4. The number of allylic oxidation sites excluding steroid dienone is 1. The van der Waals surface area contributed by atoms with Gasteiger partial charge in [0.05, 0.1) is 21.2 Å². The summed E-state index contributed by atoms with van der Waals surface area (Å²) in [5.41, 5.74) is 5.71. The van der Waals surface area contributed by atoms with Gasteiger partial charge in [0, 0.05) is 42.4 Å². The van der Waals surface area contributed by atoms with Gasteiger partial charge in [0.2, 0.25) is 5.91 Å². The smallest absolute Gasteiger partial charge is 0.278 e. The van der Waals surface area contributed by atoms with E-state index in [-0.39, 0.29) is 22.4 Å². The van der Waals surface area contributed by atoms with Gasteiger partial charge in [0.25, 0.3) is 5.69 Å². The van der Waals surface area contributed by atoms with Gasteiger partial charge in [-0.3, -0.25) is 14.9 Å². The fraction of sp³-hybridized carbons (Fsp3) is 0.280. The Morgan fingerprint density at radius 3 is 2.50 bits per heavy atom. The van der Waals surface area contributed by atoms with Crippen LogP contribution in [0.5, 0.6) is 0 Å². The second-order valence-electron chi connectivity index (χ2n) is 8.35. The zero-order valence-electron chi connectivity index (χ0n) is 17.8. The number of nitro groups is 1. The molecule has 5 rings (SSSR count). The molecule has 0 radical (unpaired) electrons. The average molecular weight is 446 g/mol. The minimum Gasteiger partial charge on any atom is -0.339 e. The summed E-state index contributed by atoms with van der Waals surface area (Å²) >= 11 is 1.55. The van der Waals surface area contributed by atoms with Gasteiger partial charge < -0.3 is 4.90 Å². The van der Waals surface area contributed by atoms with Gasteiger partial charge in [-0.1, -0.05) is 36.4 Å². The molecule has 1 aliphatic carbocycles. The molecule has 0 bridgehead atoms. The number of likely N-dealkylation sites (tertiary alicyclic amines) is 1. The standard InChI is InChI=1S/C25H23N3O3S/c1-16-19-7-3-2-6-18(19)14-21(16)25(29)27-12-10-17(11-13-27)24-26-22(15-32-24)20-8-4-5-9-23(20)28(30)31/h2-9,15,17H,10-14H2,1H3. The molecule has 2 aliphatic rings. The fourth-order valence-electron chi connectivity index (χ4n) is 4.73. The largest absolute Gasteiger partial charge is 0.339 e. The van der Waals surface area contributed by atoms with Crippen molar-refractivity contribution in [1.29, 1.82) is 0 Å². The molecule has 1 aliphatic heterocycles. The number of hydrogen-bond acceptors (Lipinski definition) is 5. The third-order valence-corrected chi connectivity index (χ3v) is 7.54. The van der Waals surface area contributed by atoms with Gasteiger partial charge in [-0.15, -0.1) is 11.3 Å². The van der Waals surface area contributed by atoms with Crippen molar-refractivity contribution < 1.29 is 9.72 Å². The first-order valence-corrected chi connectivity index (χ1v) is 11.7. The first kappa shape index (κ1) is 20.6. The molecule has 1 amide bonds. The molecular weight excluding hydrogens is 422 g/mol. The van der Waals surface area contributed by atoms with Crippen LogP contribution in [0.4, 0.5) is 5.69 Å². The molecule has 32 heavy (non-hydrogen) atoms. The van der Waals surface area contributed by atoms with Gasteiger partial charge in [0.1, 0.15) is 0 Å². The molecule has 0 saturated carbocycles. The maximum absolute atomic E-state index is 13.2. The Morgan fingerprint density at radius 1 is 1.09 bits per heavy atom. The number of benzene rings is 2. The highest BCUT2D eigenvalue weighted by Crippen LogP contribution is 2.37. The Labute approximate surface area is 190 Å². The molecule has 1 fully saturated rings. The van der Waals surface area contributed by atoms with Gasteiger partial charge in [0.15, 0.2) is 0 Å². The molecule has 6 nitrogen and oxygen atoms in total. The summed E-state index contributed by atoms with van der Waals surface area (Å²) in [7, 11) is 0. The van der Waals surface area contributed by atoms with E-state index in [2.05, 4.69) is 12.1 Å². The molecule has 1 aromatic heterocycles. The number of fused-ring (bicyclic) bond motifs is 1. The summed E-state index contributed by atoms with van der Waals surface area (Å²) in [6.07, 6.45) is 2.43. The predicted molar refractivity (Wildman–Crippen MR) is 125 cm³/mol. The first-order valence-electron chi connectivity index (χ1n) is 10.8. The third kappa shape index (κ3) is 3.62. The van der Waals surface area contributed by atoms with Gasteiger partial charge in [-0.05, 0) is 42.5 Å². The Kier molecular flexibility index (Phi) is 5.35. The first-order chi connectivity index (χ1) is 15.5. The van der Waals surface area contributed by atoms with Crippen molar-refractivity contribution in [2.24, 2.45) is 0 Å². The highest BCUT2D eigenvalue weighted by atomic mass is 32.1. The minimum absolute atomic E-state index is 0.0750. The number of carbonyl (C=O) groups excluding carboxylic acids is 1. The van der Waals surface area contributed by atoms with E-state index in [0.717, 1.165) is 29.0 Å². The van der Waals surface area contributed by atoms with Crippen LogP contribution in [-0.2, 0) is 11.2 Å². The quantitative estimate of drug-likeness (QED) is 0.395. The van der Waals surface area contributed by atoms with Crippen LogP contribution < -0.4 is 0 Å². The Balaban J connectivity index is 1.27. The highest BCUT2D eigenvalue weighted by Gasteiger charge is 2.31. The summed E-state index contributed by atoms with van der Waals surface area (Å²) < 4.78 is 0. The SMILES string of the molecule is CC1=C(C(=O)N2CCC(c3nc(-c4ccccc4[N+](=O)[O-])cs3)CC2)Cc2ccccc21. The third-order valence-electron chi connectivity index (χ3n) is 6.53. The number of piperidine rings is 1. The van der Waals surface area contributed by atoms with Crippen LogP contribution in [0.2, 0.25) is 0 Å². The molecule has 0 unspecified atom stereocenters. The number of amides is 1. The van der Waals surface area contributed by atoms with E-state index in [9.17, 15) is 14.9 Å². The summed E-state index contributed by atoms with van der Waals surface area (Å²) in [6.45, 7) is 3.46. The summed E-state index contributed by atoms with van der Waals surface area (Å²) in [5, 5.41) is 14.2. The Morgan fingerprint density at radius 2 is 1.78 bits per heavy atom. The lowest BCUT2D eigenvalue weighted by molar-refractivity contribution is -0.384. The molecule has 1 saturated heterocycles. The van der Waals surface area contributed by atoms with Crippen molar-refractivity contribution in [3.63, 3.8) is 0 Å². The van der Waals surface area contributed by atoms with Gasteiger partial charge in [-0.25, -0.2) is 4.98 Å². The number of thiazole rings is 1. The fourth-order valence-corrected chi connectivity index (χ4v) is 5.72. The molecule has 7 heteroatoms. The summed E-state index contributed by atoms with van der Waals surface area (Å²) in [5.74, 6) is 0.424. The van der Waals surface area contributed by atoms with Crippen LogP contribution in [0.25, 0.3) is 16.8 Å². The number of nitro benzene ring substituents is 1. The van der Waals surface area contributed by atoms with E-state index in [1.807, 2.05) is 29.3 Å². The van der Waals surface area contributed by atoms with Crippen molar-refractivity contribution in [1.82, 2.24) is 9.88 Å². The van der Waals surface area contributed by atoms with Crippen molar-refractivity contribution in [3.05, 3.63) is 85.7 Å².